The van der Waals surface area contributed by atoms with Crippen molar-refractivity contribution in [2.75, 3.05) is 6.61 Å². The molecular formula is C21H15NO4S2. The van der Waals surface area contributed by atoms with Crippen molar-refractivity contribution < 1.29 is 19.4 Å². The van der Waals surface area contributed by atoms with Crippen LogP contribution in [0.5, 0.6) is 5.75 Å². The van der Waals surface area contributed by atoms with Crippen LogP contribution in [0.1, 0.15) is 17.2 Å². The molecule has 0 aliphatic carbocycles. The van der Waals surface area contributed by atoms with Crippen molar-refractivity contribution in [3.8, 4) is 5.75 Å². The van der Waals surface area contributed by atoms with Crippen LogP contribution in [0.3, 0.4) is 0 Å². The first-order chi connectivity index (χ1) is 13.5. The molecule has 0 saturated carbocycles. The summed E-state index contributed by atoms with van der Waals surface area (Å²) in [6.07, 6.45) is 3.68. The Kier molecular flexibility index (Phi) is 5.02. The number of para-hydroxylation sites is 1. The summed E-state index contributed by atoms with van der Waals surface area (Å²) in [5, 5.41) is 9.73. The molecule has 7 heteroatoms. The molecule has 1 fully saturated rings. The van der Waals surface area contributed by atoms with Gasteiger partial charge in [-0.1, -0.05) is 72.5 Å². The van der Waals surface area contributed by atoms with Crippen molar-refractivity contribution in [3.63, 3.8) is 0 Å². The number of hydrogen-bond donors (Lipinski definition) is 1. The number of thiocarbonyl (C=S) groups is 1. The molecule has 5 nitrogen and oxygen atoms in total. The summed E-state index contributed by atoms with van der Waals surface area (Å²) in [7, 11) is 0. The van der Waals surface area contributed by atoms with Crippen molar-refractivity contribution in [1.82, 2.24) is 4.90 Å². The quantitative estimate of drug-likeness (QED) is 0.607. The smallest absolute Gasteiger partial charge is 0.331 e. The summed E-state index contributed by atoms with van der Waals surface area (Å²) in [5.41, 5.74) is 2.26. The Labute approximate surface area is 171 Å². The molecule has 1 unspecified atom stereocenters. The lowest BCUT2D eigenvalue weighted by molar-refractivity contribution is -0.145. The maximum Gasteiger partial charge on any atom is 0.331 e. The molecule has 2 heterocycles. The molecular weight excluding hydrogens is 394 g/mol. The molecule has 2 aliphatic heterocycles. The minimum absolute atomic E-state index is 0.227. The van der Waals surface area contributed by atoms with Gasteiger partial charge in [0.2, 0.25) is 0 Å². The molecule has 0 radical (unpaired) electrons. The Bertz CT molecular complexity index is 1030. The van der Waals surface area contributed by atoms with Crippen molar-refractivity contribution in [3.05, 3.63) is 82.3 Å². The van der Waals surface area contributed by atoms with Crippen LogP contribution in [0.15, 0.2) is 71.2 Å². The van der Waals surface area contributed by atoms with Gasteiger partial charge in [0, 0.05) is 5.56 Å². The number of carboxylic acids is 1. The second kappa shape index (κ2) is 7.61. The lowest BCUT2D eigenvalue weighted by Gasteiger charge is -2.23. The van der Waals surface area contributed by atoms with Crippen LogP contribution in [0.2, 0.25) is 0 Å². The van der Waals surface area contributed by atoms with Gasteiger partial charge < -0.3 is 9.84 Å². The summed E-state index contributed by atoms with van der Waals surface area (Å²) in [6.45, 7) is 0.335. The van der Waals surface area contributed by atoms with Gasteiger partial charge in [0.05, 0.1) is 4.91 Å². The van der Waals surface area contributed by atoms with Gasteiger partial charge in [0.1, 0.15) is 16.7 Å². The van der Waals surface area contributed by atoms with Gasteiger partial charge in [-0.15, -0.1) is 0 Å². The number of ether oxygens (including phenoxy) is 1. The molecule has 4 rings (SSSR count). The maximum absolute atomic E-state index is 13.0. The molecule has 2 aliphatic rings. The minimum atomic E-state index is -1.16. The molecule has 2 aromatic rings. The Morgan fingerprint density at radius 1 is 1.18 bits per heavy atom. The Morgan fingerprint density at radius 2 is 1.89 bits per heavy atom. The van der Waals surface area contributed by atoms with Crippen molar-refractivity contribution in [1.29, 1.82) is 0 Å². The highest BCUT2D eigenvalue weighted by Gasteiger charge is 2.41. The molecule has 0 aromatic heterocycles. The predicted molar refractivity (Wildman–Crippen MR) is 112 cm³/mol. The van der Waals surface area contributed by atoms with Crippen LogP contribution < -0.4 is 4.74 Å². The predicted octanol–water partition coefficient (Wildman–Crippen LogP) is 4.03. The summed E-state index contributed by atoms with van der Waals surface area (Å²) >= 11 is 6.44. The fourth-order valence-electron chi connectivity index (χ4n) is 3.13. The first kappa shape index (κ1) is 18.5. The number of aliphatic carboxylic acids is 1. The second-order valence-electron chi connectivity index (χ2n) is 6.25. The van der Waals surface area contributed by atoms with E-state index in [0.29, 0.717) is 17.1 Å². The molecule has 1 amide bonds. The van der Waals surface area contributed by atoms with Gasteiger partial charge in [0.15, 0.2) is 6.04 Å². The average Bonchev–Trinajstić information content (AvgIpc) is 2.96. The molecule has 0 spiro atoms. The van der Waals surface area contributed by atoms with Gasteiger partial charge >= 0.3 is 5.97 Å². The second-order valence-corrected chi connectivity index (χ2v) is 7.92. The van der Waals surface area contributed by atoms with Crippen molar-refractivity contribution in [2.24, 2.45) is 0 Å². The number of amides is 1. The number of carbonyl (C=O) groups excluding carboxylic acids is 1. The number of benzene rings is 2. The van der Waals surface area contributed by atoms with Crippen LogP contribution in [0, 0.1) is 0 Å². The molecule has 0 bridgehead atoms. The van der Waals surface area contributed by atoms with Crippen LogP contribution in [0.25, 0.3) is 6.08 Å². The molecule has 140 valence electrons. The zero-order chi connectivity index (χ0) is 19.7. The lowest BCUT2D eigenvalue weighted by Crippen LogP contribution is -2.37. The number of hydrogen-bond acceptors (Lipinski definition) is 5. The summed E-state index contributed by atoms with van der Waals surface area (Å²) in [5.74, 6) is -0.744. The van der Waals surface area contributed by atoms with Gasteiger partial charge in [-0.3, -0.25) is 9.69 Å². The zero-order valence-corrected chi connectivity index (χ0v) is 16.2. The molecule has 1 saturated heterocycles. The van der Waals surface area contributed by atoms with Gasteiger partial charge in [-0.2, -0.15) is 0 Å². The van der Waals surface area contributed by atoms with E-state index in [4.69, 9.17) is 17.0 Å². The Balaban J connectivity index is 1.65. The van der Waals surface area contributed by atoms with Crippen LogP contribution in [-0.2, 0) is 9.59 Å². The molecule has 28 heavy (non-hydrogen) atoms. The van der Waals surface area contributed by atoms with E-state index in [-0.39, 0.29) is 4.32 Å². The highest BCUT2D eigenvalue weighted by atomic mass is 32.2. The standard InChI is InChI=1S/C21H15NO4S2/c23-19-17(11-13-10-15-8-4-5-9-16(15)26-12-13)28-21(27)22(19)18(20(24)25)14-6-2-1-3-7-14/h1-11,18H,12H2,(H,24,25)/b17-11-. The minimum Gasteiger partial charge on any atom is -0.488 e. The number of carboxylic acid groups (broad SMARTS) is 1. The molecule has 1 N–H and O–H groups in total. The number of thioether (sulfide) groups is 1. The highest BCUT2D eigenvalue weighted by molar-refractivity contribution is 8.26. The van der Waals surface area contributed by atoms with Gasteiger partial charge in [-0.25, -0.2) is 4.79 Å². The third kappa shape index (κ3) is 3.46. The highest BCUT2D eigenvalue weighted by Crippen LogP contribution is 2.38. The average molecular weight is 409 g/mol. The third-order valence-corrected chi connectivity index (χ3v) is 5.73. The Morgan fingerprint density at radius 3 is 2.64 bits per heavy atom. The number of fused-ring (bicyclic) bond motifs is 1. The lowest BCUT2D eigenvalue weighted by atomic mass is 10.1. The summed E-state index contributed by atoms with van der Waals surface area (Å²) < 4.78 is 5.94. The van der Waals surface area contributed by atoms with E-state index in [1.54, 1.807) is 36.4 Å². The van der Waals surface area contributed by atoms with E-state index in [2.05, 4.69) is 0 Å². The number of carbonyl (C=O) groups is 2. The monoisotopic (exact) mass is 409 g/mol. The first-order valence-electron chi connectivity index (χ1n) is 8.52. The van der Waals surface area contributed by atoms with E-state index in [1.807, 2.05) is 30.3 Å². The van der Waals surface area contributed by atoms with Gasteiger partial charge in [-0.05, 0) is 29.4 Å². The number of nitrogens with zero attached hydrogens (tertiary/aromatic N) is 1. The zero-order valence-electron chi connectivity index (χ0n) is 14.6. The van der Waals surface area contributed by atoms with Crippen molar-refractivity contribution in [2.45, 2.75) is 6.04 Å². The van der Waals surface area contributed by atoms with Crippen LogP contribution in [0.4, 0.5) is 0 Å². The fraction of sp³-hybridized carbons (Fsp3) is 0.0952. The van der Waals surface area contributed by atoms with Crippen LogP contribution in [-0.4, -0.2) is 32.8 Å². The van der Waals surface area contributed by atoms with E-state index >= 15 is 0 Å². The van der Waals surface area contributed by atoms with E-state index in [1.165, 1.54) is 4.90 Å². The molecule has 1 atom stereocenters. The van der Waals surface area contributed by atoms with Crippen molar-refractivity contribution >= 4 is 46.3 Å². The van der Waals surface area contributed by atoms with E-state index in [9.17, 15) is 14.7 Å². The maximum atomic E-state index is 13.0. The van der Waals surface area contributed by atoms with E-state index < -0.39 is 17.9 Å². The van der Waals surface area contributed by atoms with Gasteiger partial charge in [0.25, 0.3) is 5.91 Å². The SMILES string of the molecule is O=C(O)C(c1ccccc1)N1C(=O)/C(=C/C2=Cc3ccccc3OC2)SC1=S. The first-order valence-corrected chi connectivity index (χ1v) is 9.74. The normalized spacial score (nSPS) is 18.5. The largest absolute Gasteiger partial charge is 0.488 e. The summed E-state index contributed by atoms with van der Waals surface area (Å²) in [4.78, 5) is 26.4. The third-order valence-electron chi connectivity index (χ3n) is 4.40. The fourth-order valence-corrected chi connectivity index (χ4v) is 4.45. The summed E-state index contributed by atoms with van der Waals surface area (Å²) in [6, 6.07) is 15.1. The number of rotatable bonds is 4. The van der Waals surface area contributed by atoms with Crippen LogP contribution >= 0.6 is 24.0 Å². The topological polar surface area (TPSA) is 66.8 Å². The van der Waals surface area contributed by atoms with E-state index in [0.717, 1.165) is 28.6 Å². The Hall–Kier alpha value is -2.90. The molecule has 2 aromatic carbocycles.